The summed E-state index contributed by atoms with van der Waals surface area (Å²) in [5.74, 6) is 0.799. The van der Waals surface area contributed by atoms with E-state index in [1.807, 2.05) is 37.4 Å². The minimum atomic E-state index is -1.01. The Morgan fingerprint density at radius 3 is 2.57 bits per heavy atom. The molecule has 4 nitrogen and oxygen atoms in total. The summed E-state index contributed by atoms with van der Waals surface area (Å²) < 4.78 is 22.8. The maximum Gasteiger partial charge on any atom is 0.293 e. The zero-order chi connectivity index (χ0) is 16.9. The molecular formula is C18H22FNO3. The number of anilines is 1. The first kappa shape index (κ1) is 18.5. The van der Waals surface area contributed by atoms with Crippen LogP contribution in [0.4, 0.5) is 10.1 Å². The van der Waals surface area contributed by atoms with Crippen molar-refractivity contribution in [1.29, 1.82) is 0 Å². The van der Waals surface area contributed by atoms with Gasteiger partial charge < -0.3 is 14.8 Å². The Kier molecular flexibility index (Phi) is 8.90. The number of halogens is 1. The average molecular weight is 319 g/mol. The number of alkyl halides is 1. The van der Waals surface area contributed by atoms with Crippen LogP contribution in [0.1, 0.15) is 6.92 Å². The normalized spacial score (nSPS) is 15.6. The van der Waals surface area contributed by atoms with Gasteiger partial charge in [-0.25, -0.2) is 4.39 Å². The fourth-order valence-electron chi connectivity index (χ4n) is 1.67. The lowest BCUT2D eigenvalue weighted by atomic mass is 10.2. The van der Waals surface area contributed by atoms with Gasteiger partial charge in [0.1, 0.15) is 18.5 Å². The van der Waals surface area contributed by atoms with Gasteiger partial charge in [0.2, 0.25) is 0 Å². The second-order valence-electron chi connectivity index (χ2n) is 4.54. The van der Waals surface area contributed by atoms with Crippen LogP contribution in [-0.2, 0) is 9.53 Å². The van der Waals surface area contributed by atoms with E-state index >= 15 is 0 Å². The molecule has 0 heterocycles. The Morgan fingerprint density at radius 2 is 2.00 bits per heavy atom. The topological polar surface area (TPSA) is 47.6 Å². The largest absolute Gasteiger partial charge is 0.489 e. The van der Waals surface area contributed by atoms with Gasteiger partial charge in [0.15, 0.2) is 0 Å². The van der Waals surface area contributed by atoms with Gasteiger partial charge in [0.25, 0.3) is 6.47 Å². The van der Waals surface area contributed by atoms with Crippen molar-refractivity contribution in [3.63, 3.8) is 0 Å². The molecule has 124 valence electrons. The molecule has 1 aromatic carbocycles. The Bertz CT molecular complexity index is 550. The third kappa shape index (κ3) is 7.85. The fourth-order valence-corrected chi connectivity index (χ4v) is 1.67. The Labute approximate surface area is 136 Å². The van der Waals surface area contributed by atoms with Gasteiger partial charge >= 0.3 is 0 Å². The number of nitrogens with one attached hydrogen (secondary N) is 1. The summed E-state index contributed by atoms with van der Waals surface area (Å²) in [6.45, 7) is 3.10. The lowest BCUT2D eigenvalue weighted by Gasteiger charge is -2.07. The van der Waals surface area contributed by atoms with Gasteiger partial charge in [0.05, 0.1) is 6.61 Å². The molecule has 0 aromatic heterocycles. The van der Waals surface area contributed by atoms with E-state index in [9.17, 15) is 9.18 Å². The number of ether oxygens (including phenoxy) is 2. The van der Waals surface area contributed by atoms with E-state index < -0.39 is 6.17 Å². The van der Waals surface area contributed by atoms with Crippen molar-refractivity contribution in [2.75, 3.05) is 25.6 Å². The van der Waals surface area contributed by atoms with Crippen molar-refractivity contribution in [3.05, 3.63) is 60.2 Å². The minimum Gasteiger partial charge on any atom is -0.489 e. The molecule has 5 heteroatoms. The molecule has 0 fully saturated rings. The molecule has 23 heavy (non-hydrogen) atoms. The number of hydrogen-bond acceptors (Lipinski definition) is 4. The molecule has 1 aliphatic rings. The van der Waals surface area contributed by atoms with E-state index in [1.54, 1.807) is 19.1 Å². The second kappa shape index (κ2) is 11.1. The van der Waals surface area contributed by atoms with Gasteiger partial charge in [-0.05, 0) is 48.9 Å². The monoisotopic (exact) mass is 319 g/mol. The summed E-state index contributed by atoms with van der Waals surface area (Å²) in [6, 6.07) is 7.70. The van der Waals surface area contributed by atoms with Gasteiger partial charge in [-0.15, -0.1) is 0 Å². The lowest BCUT2D eigenvalue weighted by molar-refractivity contribution is -0.128. The van der Waals surface area contributed by atoms with E-state index in [1.165, 1.54) is 12.2 Å². The molecule has 0 bridgehead atoms. The molecule has 0 aliphatic heterocycles. The SMILES string of the molecule is CCOC=O.CNc1ccc(OCC2=CC=CC(F)C=C2)cc1. The maximum atomic E-state index is 13.0. The van der Waals surface area contributed by atoms with Crippen LogP contribution in [0.2, 0.25) is 0 Å². The number of benzene rings is 1. The van der Waals surface area contributed by atoms with Crippen LogP contribution >= 0.6 is 0 Å². The summed E-state index contributed by atoms with van der Waals surface area (Å²) in [4.78, 5) is 9.18. The lowest BCUT2D eigenvalue weighted by Crippen LogP contribution is -1.99. The number of carbonyl (C=O) groups excluding carboxylic acids is 1. The van der Waals surface area contributed by atoms with E-state index in [0.717, 1.165) is 17.0 Å². The van der Waals surface area contributed by atoms with E-state index in [0.29, 0.717) is 19.7 Å². The molecule has 1 atom stereocenters. The van der Waals surface area contributed by atoms with E-state index in [4.69, 9.17) is 4.74 Å². The summed E-state index contributed by atoms with van der Waals surface area (Å²) in [7, 11) is 1.87. The molecule has 1 unspecified atom stereocenters. The smallest absolute Gasteiger partial charge is 0.293 e. The second-order valence-corrected chi connectivity index (χ2v) is 4.54. The molecule has 1 aliphatic carbocycles. The van der Waals surface area contributed by atoms with Crippen LogP contribution in [0.5, 0.6) is 5.75 Å². The Morgan fingerprint density at radius 1 is 1.26 bits per heavy atom. The molecule has 0 radical (unpaired) electrons. The van der Waals surface area contributed by atoms with Crippen LogP contribution in [0, 0.1) is 0 Å². The minimum absolute atomic E-state index is 0.431. The number of rotatable bonds is 6. The van der Waals surface area contributed by atoms with Crippen LogP contribution in [0.3, 0.4) is 0 Å². The molecule has 0 saturated carbocycles. The fraction of sp³-hybridized carbons (Fsp3) is 0.278. The van der Waals surface area contributed by atoms with Crippen LogP contribution in [0.15, 0.2) is 60.2 Å². The highest BCUT2D eigenvalue weighted by Gasteiger charge is 2.01. The van der Waals surface area contributed by atoms with Crippen molar-refractivity contribution in [2.24, 2.45) is 0 Å². The zero-order valence-corrected chi connectivity index (χ0v) is 13.4. The molecule has 1 aromatic rings. The predicted molar refractivity (Wildman–Crippen MR) is 90.4 cm³/mol. The van der Waals surface area contributed by atoms with Crippen LogP contribution in [-0.4, -0.2) is 32.9 Å². The Hall–Kier alpha value is -2.56. The quantitative estimate of drug-likeness (QED) is 0.813. The third-order valence-corrected chi connectivity index (χ3v) is 2.88. The number of hydrogen-bond donors (Lipinski definition) is 1. The summed E-state index contributed by atoms with van der Waals surface area (Å²) in [5.41, 5.74) is 1.99. The zero-order valence-electron chi connectivity index (χ0n) is 13.4. The van der Waals surface area contributed by atoms with Crippen molar-refractivity contribution >= 4 is 12.2 Å². The van der Waals surface area contributed by atoms with Crippen LogP contribution in [0.25, 0.3) is 0 Å². The van der Waals surface area contributed by atoms with Gasteiger partial charge in [0, 0.05) is 12.7 Å². The first-order valence-corrected chi connectivity index (χ1v) is 7.35. The van der Waals surface area contributed by atoms with Crippen molar-refractivity contribution < 1.29 is 18.7 Å². The standard InChI is InChI=1S/C15H16FNO.C3H6O2/c1-17-14-7-9-15(10-8-14)18-11-12-3-2-4-13(16)6-5-12;1-2-5-3-4/h2-10,13,17H,11H2,1H3;3H,2H2,1H3. The number of allylic oxidation sites excluding steroid dienone is 4. The first-order chi connectivity index (χ1) is 11.2. The average Bonchev–Trinajstić information content (AvgIpc) is 2.79. The molecular weight excluding hydrogens is 297 g/mol. The van der Waals surface area contributed by atoms with E-state index in [-0.39, 0.29) is 0 Å². The van der Waals surface area contributed by atoms with Crippen molar-refractivity contribution in [3.8, 4) is 5.75 Å². The van der Waals surface area contributed by atoms with Crippen LogP contribution < -0.4 is 10.1 Å². The highest BCUT2D eigenvalue weighted by molar-refractivity contribution is 5.45. The van der Waals surface area contributed by atoms with Crippen molar-refractivity contribution in [2.45, 2.75) is 13.1 Å². The molecule has 0 amide bonds. The summed E-state index contributed by atoms with van der Waals surface area (Å²) in [6.07, 6.45) is 7.35. The molecule has 1 N–H and O–H groups in total. The maximum absolute atomic E-state index is 13.0. The van der Waals surface area contributed by atoms with Gasteiger partial charge in [-0.1, -0.05) is 18.2 Å². The predicted octanol–water partition coefficient (Wildman–Crippen LogP) is 3.68. The summed E-state index contributed by atoms with van der Waals surface area (Å²) in [5, 5.41) is 3.04. The molecule has 0 spiro atoms. The Balaban J connectivity index is 0.000000463. The van der Waals surface area contributed by atoms with Crippen molar-refractivity contribution in [1.82, 2.24) is 0 Å². The molecule has 0 saturated heterocycles. The first-order valence-electron chi connectivity index (χ1n) is 7.35. The van der Waals surface area contributed by atoms with Gasteiger partial charge in [-0.3, -0.25) is 4.79 Å². The highest BCUT2D eigenvalue weighted by atomic mass is 19.1. The van der Waals surface area contributed by atoms with Gasteiger partial charge in [-0.2, -0.15) is 0 Å². The van der Waals surface area contributed by atoms with E-state index in [2.05, 4.69) is 10.1 Å². The third-order valence-electron chi connectivity index (χ3n) is 2.88. The number of carbonyl (C=O) groups is 1. The summed E-state index contributed by atoms with van der Waals surface area (Å²) >= 11 is 0. The molecule has 2 rings (SSSR count). The highest BCUT2D eigenvalue weighted by Crippen LogP contribution is 2.16.